The van der Waals surface area contributed by atoms with Crippen LogP contribution >= 0.6 is 43.2 Å². The molecule has 0 unspecified atom stereocenters. The van der Waals surface area contributed by atoms with E-state index in [4.69, 9.17) is 0 Å². The minimum Gasteiger partial charge on any atom is -0.308 e. The fourth-order valence-electron chi connectivity index (χ4n) is 1.61. The van der Waals surface area contributed by atoms with E-state index in [9.17, 15) is 10.1 Å². The van der Waals surface area contributed by atoms with Crippen LogP contribution in [0.1, 0.15) is 10.4 Å². The zero-order valence-electron chi connectivity index (χ0n) is 9.73. The number of nitrogens with one attached hydrogen (secondary N) is 1. The van der Waals surface area contributed by atoms with Crippen molar-refractivity contribution in [2.75, 3.05) is 0 Å². The largest absolute Gasteiger partial charge is 0.308 e. The van der Waals surface area contributed by atoms with Gasteiger partial charge in [-0.1, -0.05) is 12.1 Å². The summed E-state index contributed by atoms with van der Waals surface area (Å²) < 4.78 is 1.64. The molecular formula is C12H10Br2N2O2S. The number of benzene rings is 1. The molecule has 0 saturated carbocycles. The molecule has 4 nitrogen and oxygen atoms in total. The van der Waals surface area contributed by atoms with E-state index >= 15 is 0 Å². The lowest BCUT2D eigenvalue weighted by molar-refractivity contribution is -0.385. The van der Waals surface area contributed by atoms with E-state index in [1.807, 2.05) is 18.2 Å². The van der Waals surface area contributed by atoms with E-state index in [-0.39, 0.29) is 10.6 Å². The minimum atomic E-state index is -0.385. The normalized spacial score (nSPS) is 10.6. The van der Waals surface area contributed by atoms with Gasteiger partial charge in [0.25, 0.3) is 5.69 Å². The molecule has 0 aliphatic rings. The summed E-state index contributed by atoms with van der Waals surface area (Å²) in [5.41, 5.74) is 0.975. The molecule has 0 aliphatic heterocycles. The van der Waals surface area contributed by atoms with E-state index < -0.39 is 0 Å². The molecule has 1 N–H and O–H groups in total. The minimum absolute atomic E-state index is 0.0955. The molecule has 0 fully saturated rings. The Balaban J connectivity index is 2.00. The highest BCUT2D eigenvalue weighted by Crippen LogP contribution is 2.28. The highest BCUT2D eigenvalue weighted by atomic mass is 79.9. The number of nitro benzene ring substituents is 1. The first-order valence-corrected chi connectivity index (χ1v) is 7.85. The summed E-state index contributed by atoms with van der Waals surface area (Å²) in [4.78, 5) is 11.7. The zero-order valence-corrected chi connectivity index (χ0v) is 13.7. The Hall–Kier alpha value is -0.760. The van der Waals surface area contributed by atoms with Crippen molar-refractivity contribution in [1.82, 2.24) is 5.32 Å². The van der Waals surface area contributed by atoms with E-state index in [1.165, 1.54) is 10.9 Å². The second kappa shape index (κ2) is 6.60. The summed E-state index contributed by atoms with van der Waals surface area (Å²) in [6.07, 6.45) is 0. The third kappa shape index (κ3) is 3.85. The number of hydrogen-bond acceptors (Lipinski definition) is 4. The Morgan fingerprint density at radius 3 is 2.63 bits per heavy atom. The van der Waals surface area contributed by atoms with Crippen LogP contribution in [0.5, 0.6) is 0 Å². The molecular weight excluding hydrogens is 396 g/mol. The molecule has 1 aromatic carbocycles. The smallest absolute Gasteiger partial charge is 0.283 e. The third-order valence-electron chi connectivity index (χ3n) is 2.50. The molecule has 0 aliphatic carbocycles. The fraction of sp³-hybridized carbons (Fsp3) is 0.167. The van der Waals surface area contributed by atoms with Gasteiger partial charge in [0.2, 0.25) is 0 Å². The maximum atomic E-state index is 10.8. The van der Waals surface area contributed by atoms with Crippen molar-refractivity contribution in [2.24, 2.45) is 0 Å². The first kappa shape index (κ1) is 14.6. The SMILES string of the molecule is O=[N+]([O-])c1cccc(CNCc2ccc(Br)s2)c1Br. The molecule has 2 rings (SSSR count). The van der Waals surface area contributed by atoms with Crippen LogP contribution in [0, 0.1) is 10.1 Å². The third-order valence-corrected chi connectivity index (χ3v) is 5.04. The van der Waals surface area contributed by atoms with Gasteiger partial charge in [0, 0.05) is 24.0 Å². The van der Waals surface area contributed by atoms with Crippen molar-refractivity contribution >= 4 is 48.9 Å². The summed E-state index contributed by atoms with van der Waals surface area (Å²) in [5, 5.41) is 14.1. The highest BCUT2D eigenvalue weighted by molar-refractivity contribution is 9.11. The Bertz CT molecular complexity index is 601. The predicted octanol–water partition coefficient (Wildman–Crippen LogP) is 4.47. The Kier molecular flexibility index (Phi) is 5.09. The monoisotopic (exact) mass is 404 g/mol. The average Bonchev–Trinajstić information content (AvgIpc) is 2.77. The molecule has 0 saturated heterocycles. The van der Waals surface area contributed by atoms with Crippen LogP contribution in [-0.2, 0) is 13.1 Å². The predicted molar refractivity (Wildman–Crippen MR) is 83.4 cm³/mol. The number of nitrogens with zero attached hydrogens (tertiary/aromatic N) is 1. The molecule has 100 valence electrons. The molecule has 0 spiro atoms. The number of nitro groups is 1. The van der Waals surface area contributed by atoms with E-state index in [1.54, 1.807) is 17.4 Å². The van der Waals surface area contributed by atoms with Crippen LogP contribution in [0.3, 0.4) is 0 Å². The first-order chi connectivity index (χ1) is 9.08. The summed E-state index contributed by atoms with van der Waals surface area (Å²) >= 11 is 8.37. The van der Waals surface area contributed by atoms with Crippen molar-refractivity contribution in [1.29, 1.82) is 0 Å². The van der Waals surface area contributed by atoms with Crippen molar-refractivity contribution in [3.05, 3.63) is 59.1 Å². The summed E-state index contributed by atoms with van der Waals surface area (Å²) in [6.45, 7) is 1.32. The Labute approximate surface area is 131 Å². The highest BCUT2D eigenvalue weighted by Gasteiger charge is 2.14. The van der Waals surface area contributed by atoms with Gasteiger partial charge in [0.05, 0.1) is 13.2 Å². The van der Waals surface area contributed by atoms with Gasteiger partial charge in [-0.25, -0.2) is 0 Å². The molecule has 19 heavy (non-hydrogen) atoms. The quantitative estimate of drug-likeness (QED) is 0.589. The van der Waals surface area contributed by atoms with Crippen LogP contribution in [-0.4, -0.2) is 4.92 Å². The van der Waals surface area contributed by atoms with Crippen LogP contribution in [0.25, 0.3) is 0 Å². The maximum Gasteiger partial charge on any atom is 0.283 e. The number of rotatable bonds is 5. The molecule has 1 heterocycles. The fourth-order valence-corrected chi connectivity index (χ4v) is 3.61. The van der Waals surface area contributed by atoms with Crippen LogP contribution in [0.2, 0.25) is 0 Å². The Morgan fingerprint density at radius 1 is 1.21 bits per heavy atom. The number of thiophene rings is 1. The van der Waals surface area contributed by atoms with Crippen LogP contribution < -0.4 is 5.32 Å². The van der Waals surface area contributed by atoms with Crippen molar-refractivity contribution in [2.45, 2.75) is 13.1 Å². The van der Waals surface area contributed by atoms with Gasteiger partial charge in [-0.05, 0) is 49.6 Å². The van der Waals surface area contributed by atoms with E-state index in [0.29, 0.717) is 11.0 Å². The van der Waals surface area contributed by atoms with Crippen LogP contribution in [0.15, 0.2) is 38.6 Å². The van der Waals surface area contributed by atoms with Crippen molar-refractivity contribution < 1.29 is 4.92 Å². The average molecular weight is 406 g/mol. The van der Waals surface area contributed by atoms with Crippen LogP contribution in [0.4, 0.5) is 5.69 Å². The molecule has 0 radical (unpaired) electrons. The van der Waals surface area contributed by atoms with Gasteiger partial charge in [-0.3, -0.25) is 10.1 Å². The molecule has 1 aromatic heterocycles. The molecule has 0 amide bonds. The topological polar surface area (TPSA) is 55.2 Å². The van der Waals surface area contributed by atoms with E-state index in [2.05, 4.69) is 37.2 Å². The van der Waals surface area contributed by atoms with Gasteiger partial charge in [0.15, 0.2) is 0 Å². The van der Waals surface area contributed by atoms with Gasteiger partial charge < -0.3 is 5.32 Å². The lowest BCUT2D eigenvalue weighted by Gasteiger charge is -2.06. The van der Waals surface area contributed by atoms with Crippen molar-refractivity contribution in [3.63, 3.8) is 0 Å². The molecule has 0 atom stereocenters. The second-order valence-corrected chi connectivity index (χ2v) is 7.16. The molecule has 0 bridgehead atoms. The van der Waals surface area contributed by atoms with Gasteiger partial charge in [-0.15, -0.1) is 11.3 Å². The lowest BCUT2D eigenvalue weighted by atomic mass is 10.2. The molecule has 2 aromatic rings. The van der Waals surface area contributed by atoms with Gasteiger partial charge >= 0.3 is 0 Å². The lowest BCUT2D eigenvalue weighted by Crippen LogP contribution is -2.12. The number of hydrogen-bond donors (Lipinski definition) is 1. The summed E-state index contributed by atoms with van der Waals surface area (Å²) in [5.74, 6) is 0. The first-order valence-electron chi connectivity index (χ1n) is 5.44. The number of halogens is 2. The van der Waals surface area contributed by atoms with E-state index in [0.717, 1.165) is 15.9 Å². The summed E-state index contributed by atoms with van der Waals surface area (Å²) in [7, 11) is 0. The van der Waals surface area contributed by atoms with Gasteiger partial charge in [-0.2, -0.15) is 0 Å². The zero-order chi connectivity index (χ0) is 13.8. The second-order valence-electron chi connectivity index (χ2n) is 3.82. The standard InChI is InChI=1S/C12H10Br2N2O2S/c13-11-5-4-9(19-11)7-15-6-8-2-1-3-10(12(8)14)16(17)18/h1-5,15H,6-7H2. The maximum absolute atomic E-state index is 10.8. The Morgan fingerprint density at radius 2 is 2.00 bits per heavy atom. The van der Waals surface area contributed by atoms with Crippen molar-refractivity contribution in [3.8, 4) is 0 Å². The molecule has 7 heteroatoms. The van der Waals surface area contributed by atoms with Gasteiger partial charge in [0.1, 0.15) is 0 Å². The summed E-state index contributed by atoms with van der Waals surface area (Å²) in [6, 6.07) is 9.11.